The van der Waals surface area contributed by atoms with Crippen molar-refractivity contribution in [1.82, 2.24) is 9.29 Å². The fraction of sp³-hybridized carbons (Fsp3) is 0.429. The molecule has 31 heavy (non-hydrogen) atoms. The average molecular weight is 456 g/mol. The van der Waals surface area contributed by atoms with Gasteiger partial charge < -0.3 is 5.11 Å². The molecule has 0 aliphatic heterocycles. The third kappa shape index (κ3) is 5.24. The van der Waals surface area contributed by atoms with E-state index < -0.39 is 27.9 Å². The molecule has 0 bridgehead atoms. The fourth-order valence-corrected chi connectivity index (χ4v) is 5.56. The fourth-order valence-electron chi connectivity index (χ4n) is 3.87. The number of hydrogen-bond acceptors (Lipinski definition) is 4. The molecule has 1 aromatic carbocycles. The largest absolute Gasteiger partial charge is 0.478 e. The normalized spacial score (nSPS) is 20.0. The lowest BCUT2D eigenvalue weighted by Crippen LogP contribution is -2.44. The Balaban J connectivity index is 1.97. The van der Waals surface area contributed by atoms with Crippen molar-refractivity contribution in [2.45, 2.75) is 56.3 Å². The lowest BCUT2D eigenvalue weighted by Gasteiger charge is -2.37. The maximum Gasteiger partial charge on any atom is 0.433 e. The number of pyridine rings is 1. The number of aromatic carboxylic acids is 1. The highest BCUT2D eigenvalue weighted by atomic mass is 32.2. The number of benzene rings is 1. The van der Waals surface area contributed by atoms with E-state index in [4.69, 9.17) is 5.11 Å². The molecule has 1 aliphatic rings. The van der Waals surface area contributed by atoms with Gasteiger partial charge in [0.25, 0.3) is 0 Å². The number of sulfonamides is 1. The molecule has 168 valence electrons. The number of halogens is 3. The van der Waals surface area contributed by atoms with E-state index in [0.29, 0.717) is 18.1 Å². The summed E-state index contributed by atoms with van der Waals surface area (Å²) >= 11 is 0. The standard InChI is InChI=1S/C21H23F3N2O4S/c1-14-4-2-3-5-18(14)26(13-15-6-8-16(9-7-15)20(27)28)31(29,30)17-10-11-19(25-12-17)21(22,23)24/h6-12,14,18H,2-5,13H2,1H3,(H,27,28). The van der Waals surface area contributed by atoms with Crippen LogP contribution in [-0.2, 0) is 22.7 Å². The maximum absolute atomic E-state index is 13.4. The molecule has 1 aromatic heterocycles. The second-order valence-corrected chi connectivity index (χ2v) is 9.65. The summed E-state index contributed by atoms with van der Waals surface area (Å²) in [6, 6.07) is 7.16. The van der Waals surface area contributed by atoms with Gasteiger partial charge in [0.15, 0.2) is 0 Å². The lowest BCUT2D eigenvalue weighted by atomic mass is 9.86. The monoisotopic (exact) mass is 456 g/mol. The van der Waals surface area contributed by atoms with Crippen LogP contribution in [0.25, 0.3) is 0 Å². The zero-order valence-corrected chi connectivity index (χ0v) is 17.7. The van der Waals surface area contributed by atoms with E-state index in [1.54, 1.807) is 12.1 Å². The van der Waals surface area contributed by atoms with E-state index in [2.05, 4.69) is 4.98 Å². The molecule has 3 rings (SSSR count). The lowest BCUT2D eigenvalue weighted by molar-refractivity contribution is -0.141. The van der Waals surface area contributed by atoms with Gasteiger partial charge in [-0.25, -0.2) is 13.2 Å². The Morgan fingerprint density at radius 3 is 2.29 bits per heavy atom. The zero-order valence-electron chi connectivity index (χ0n) is 16.8. The second kappa shape index (κ2) is 8.96. The van der Waals surface area contributed by atoms with Gasteiger partial charge in [0, 0.05) is 18.8 Å². The van der Waals surface area contributed by atoms with Crippen LogP contribution in [0.15, 0.2) is 47.5 Å². The summed E-state index contributed by atoms with van der Waals surface area (Å²) in [6.45, 7) is 1.95. The van der Waals surface area contributed by atoms with E-state index in [1.807, 2.05) is 6.92 Å². The first-order chi connectivity index (χ1) is 14.5. The smallest absolute Gasteiger partial charge is 0.433 e. The molecule has 1 fully saturated rings. The van der Waals surface area contributed by atoms with Crippen LogP contribution in [0.2, 0.25) is 0 Å². The Morgan fingerprint density at radius 2 is 1.77 bits per heavy atom. The predicted molar refractivity (Wildman–Crippen MR) is 107 cm³/mol. The molecular weight excluding hydrogens is 433 g/mol. The van der Waals surface area contributed by atoms with Crippen LogP contribution < -0.4 is 0 Å². The Kier molecular flexibility index (Phi) is 6.70. The van der Waals surface area contributed by atoms with Crippen molar-refractivity contribution in [1.29, 1.82) is 0 Å². The van der Waals surface area contributed by atoms with Gasteiger partial charge in [-0.15, -0.1) is 0 Å². The number of alkyl halides is 3. The quantitative estimate of drug-likeness (QED) is 0.688. The van der Waals surface area contributed by atoms with Crippen molar-refractivity contribution in [3.05, 3.63) is 59.4 Å². The highest BCUT2D eigenvalue weighted by Gasteiger charge is 2.37. The summed E-state index contributed by atoms with van der Waals surface area (Å²) in [4.78, 5) is 14.1. The molecule has 0 amide bonds. The number of carboxylic acids is 1. The Morgan fingerprint density at radius 1 is 1.13 bits per heavy atom. The molecule has 2 atom stereocenters. The van der Waals surface area contributed by atoms with Gasteiger partial charge in [-0.2, -0.15) is 17.5 Å². The minimum absolute atomic E-state index is 0.0156. The summed E-state index contributed by atoms with van der Waals surface area (Å²) < 4.78 is 66.7. The van der Waals surface area contributed by atoms with Gasteiger partial charge in [0.1, 0.15) is 10.6 Å². The minimum Gasteiger partial charge on any atom is -0.478 e. The summed E-state index contributed by atoms with van der Waals surface area (Å²) in [5, 5.41) is 9.06. The van der Waals surface area contributed by atoms with Gasteiger partial charge in [-0.1, -0.05) is 31.9 Å². The molecule has 0 spiro atoms. The van der Waals surface area contributed by atoms with E-state index >= 15 is 0 Å². The van der Waals surface area contributed by atoms with E-state index in [0.717, 1.165) is 31.5 Å². The third-order valence-electron chi connectivity index (χ3n) is 5.61. The van der Waals surface area contributed by atoms with Crippen LogP contribution in [-0.4, -0.2) is 34.8 Å². The molecule has 6 nitrogen and oxygen atoms in total. The molecule has 0 saturated heterocycles. The first kappa shape index (κ1) is 23.2. The zero-order chi connectivity index (χ0) is 22.8. The topological polar surface area (TPSA) is 87.6 Å². The Labute approximate surface area is 178 Å². The molecule has 0 radical (unpaired) electrons. The molecule has 10 heteroatoms. The predicted octanol–water partition coefficient (Wildman–Crippen LogP) is 4.57. The summed E-state index contributed by atoms with van der Waals surface area (Å²) in [6.07, 6.45) is -0.593. The van der Waals surface area contributed by atoms with E-state index in [-0.39, 0.29) is 29.0 Å². The Hall–Kier alpha value is -2.46. The summed E-state index contributed by atoms with van der Waals surface area (Å²) in [5.74, 6) is -1.02. The molecular formula is C21H23F3N2O4S. The first-order valence-corrected chi connectivity index (χ1v) is 11.3. The highest BCUT2D eigenvalue weighted by molar-refractivity contribution is 7.89. The number of rotatable bonds is 6. The van der Waals surface area contributed by atoms with Gasteiger partial charge in [0.05, 0.1) is 5.56 Å². The van der Waals surface area contributed by atoms with Crippen LogP contribution in [0.4, 0.5) is 13.2 Å². The Bertz CT molecular complexity index is 1020. The number of carboxylic acid groups (broad SMARTS) is 1. The molecule has 1 N–H and O–H groups in total. The minimum atomic E-state index is -4.66. The van der Waals surface area contributed by atoms with Gasteiger partial charge >= 0.3 is 12.1 Å². The summed E-state index contributed by atoms with van der Waals surface area (Å²) in [7, 11) is -4.13. The first-order valence-electron chi connectivity index (χ1n) is 9.87. The van der Waals surface area contributed by atoms with Crippen LogP contribution in [0.3, 0.4) is 0 Å². The van der Waals surface area contributed by atoms with Gasteiger partial charge in [-0.05, 0) is 48.6 Å². The van der Waals surface area contributed by atoms with Crippen molar-refractivity contribution >= 4 is 16.0 Å². The van der Waals surface area contributed by atoms with E-state index in [1.165, 1.54) is 16.4 Å². The van der Waals surface area contributed by atoms with Crippen molar-refractivity contribution in [3.8, 4) is 0 Å². The van der Waals surface area contributed by atoms with Gasteiger partial charge in [-0.3, -0.25) is 4.98 Å². The van der Waals surface area contributed by atoms with Crippen LogP contribution in [0.5, 0.6) is 0 Å². The van der Waals surface area contributed by atoms with Gasteiger partial charge in [0.2, 0.25) is 10.0 Å². The number of nitrogens with zero attached hydrogens (tertiary/aromatic N) is 2. The van der Waals surface area contributed by atoms with Crippen molar-refractivity contribution in [2.24, 2.45) is 5.92 Å². The summed E-state index contributed by atoms with van der Waals surface area (Å²) in [5.41, 5.74) is -0.490. The SMILES string of the molecule is CC1CCCCC1N(Cc1ccc(C(=O)O)cc1)S(=O)(=O)c1ccc(C(F)(F)F)nc1. The molecule has 1 aliphatic carbocycles. The van der Waals surface area contributed by atoms with E-state index in [9.17, 15) is 26.4 Å². The van der Waals surface area contributed by atoms with Crippen molar-refractivity contribution in [2.75, 3.05) is 0 Å². The van der Waals surface area contributed by atoms with Crippen molar-refractivity contribution < 1.29 is 31.5 Å². The highest BCUT2D eigenvalue weighted by Crippen LogP contribution is 2.34. The molecule has 2 unspecified atom stereocenters. The van der Waals surface area contributed by atoms with Crippen LogP contribution in [0, 0.1) is 5.92 Å². The molecule has 1 heterocycles. The maximum atomic E-state index is 13.4. The number of hydrogen-bond donors (Lipinski definition) is 1. The molecule has 2 aromatic rings. The third-order valence-corrected chi connectivity index (χ3v) is 7.46. The van der Waals surface area contributed by atoms with Crippen LogP contribution >= 0.6 is 0 Å². The number of aromatic nitrogens is 1. The van der Waals surface area contributed by atoms with Crippen LogP contribution in [0.1, 0.15) is 54.2 Å². The second-order valence-electron chi connectivity index (χ2n) is 7.76. The average Bonchev–Trinajstić information content (AvgIpc) is 2.72. The molecule has 1 saturated carbocycles. The number of carbonyl (C=O) groups is 1. The van der Waals surface area contributed by atoms with Crippen molar-refractivity contribution in [3.63, 3.8) is 0 Å².